The van der Waals surface area contributed by atoms with Gasteiger partial charge in [0.1, 0.15) is 0 Å². The number of benzene rings is 1. The number of amides is 1. The molecule has 3 aromatic rings. The van der Waals surface area contributed by atoms with Crippen LogP contribution in [0.5, 0.6) is 0 Å². The van der Waals surface area contributed by atoms with Crippen LogP contribution in [0.3, 0.4) is 0 Å². The number of rotatable bonds is 8. The monoisotopic (exact) mass is 383 g/mol. The maximum atomic E-state index is 12.5. The Labute approximate surface area is 162 Å². The number of carbonyl (C=O) groups is 1. The predicted octanol–water partition coefficient (Wildman–Crippen LogP) is 3.11. The zero-order valence-electron chi connectivity index (χ0n) is 15.2. The quantitative estimate of drug-likeness (QED) is 0.602. The minimum Gasteiger partial charge on any atom is -0.383 e. The Morgan fingerprint density at radius 1 is 1.19 bits per heavy atom. The van der Waals surface area contributed by atoms with Crippen LogP contribution in [-0.4, -0.2) is 44.6 Å². The molecule has 140 valence electrons. The molecule has 7 nitrogen and oxygen atoms in total. The summed E-state index contributed by atoms with van der Waals surface area (Å²) in [7, 11) is 1.65. The van der Waals surface area contributed by atoms with Crippen molar-refractivity contribution >= 4 is 23.4 Å². The van der Waals surface area contributed by atoms with E-state index in [0.717, 1.165) is 17.1 Å². The fourth-order valence-corrected chi connectivity index (χ4v) is 3.33. The van der Waals surface area contributed by atoms with Gasteiger partial charge in [-0.2, -0.15) is 0 Å². The molecule has 1 amide bonds. The number of hydrogen-bond acceptors (Lipinski definition) is 6. The SMILES string of the molecule is COCCn1c(SC(C)C(=O)Nc2ccccc2)nnc1-c1ccncc1. The molecule has 1 N–H and O–H groups in total. The lowest BCUT2D eigenvalue weighted by molar-refractivity contribution is -0.115. The van der Waals surface area contributed by atoms with Crippen molar-refractivity contribution in [3.05, 3.63) is 54.9 Å². The number of methoxy groups -OCH3 is 1. The summed E-state index contributed by atoms with van der Waals surface area (Å²) in [6, 6.07) is 13.2. The fourth-order valence-electron chi connectivity index (χ4n) is 2.45. The molecule has 0 saturated heterocycles. The highest BCUT2D eigenvalue weighted by Crippen LogP contribution is 2.27. The molecule has 0 bridgehead atoms. The lowest BCUT2D eigenvalue weighted by Gasteiger charge is -2.13. The molecule has 0 aliphatic rings. The zero-order chi connectivity index (χ0) is 19.1. The average molecular weight is 383 g/mol. The Hall–Kier alpha value is -2.71. The Kier molecular flexibility index (Phi) is 6.56. The predicted molar refractivity (Wildman–Crippen MR) is 106 cm³/mol. The number of thioether (sulfide) groups is 1. The Morgan fingerprint density at radius 3 is 2.63 bits per heavy atom. The van der Waals surface area contributed by atoms with Gasteiger partial charge < -0.3 is 10.1 Å². The van der Waals surface area contributed by atoms with Crippen LogP contribution in [0.15, 0.2) is 60.0 Å². The van der Waals surface area contributed by atoms with E-state index >= 15 is 0 Å². The van der Waals surface area contributed by atoms with Crippen LogP contribution < -0.4 is 5.32 Å². The third-order valence-corrected chi connectivity index (χ3v) is 4.95. The molecule has 0 aliphatic carbocycles. The topological polar surface area (TPSA) is 81.9 Å². The van der Waals surface area contributed by atoms with Gasteiger partial charge in [0, 0.05) is 30.8 Å². The van der Waals surface area contributed by atoms with Gasteiger partial charge in [0.25, 0.3) is 0 Å². The van der Waals surface area contributed by atoms with Gasteiger partial charge in [0.15, 0.2) is 11.0 Å². The van der Waals surface area contributed by atoms with Crippen molar-refractivity contribution in [2.75, 3.05) is 19.0 Å². The van der Waals surface area contributed by atoms with Gasteiger partial charge in [-0.1, -0.05) is 30.0 Å². The summed E-state index contributed by atoms with van der Waals surface area (Å²) in [6.45, 7) is 2.97. The number of anilines is 1. The molecule has 1 unspecified atom stereocenters. The number of nitrogens with zero attached hydrogens (tertiary/aromatic N) is 4. The van der Waals surface area contributed by atoms with E-state index in [1.165, 1.54) is 11.8 Å². The highest BCUT2D eigenvalue weighted by atomic mass is 32.2. The number of para-hydroxylation sites is 1. The molecule has 1 aromatic carbocycles. The highest BCUT2D eigenvalue weighted by molar-refractivity contribution is 8.00. The number of hydrogen-bond donors (Lipinski definition) is 1. The van der Waals surface area contributed by atoms with Crippen molar-refractivity contribution in [1.29, 1.82) is 0 Å². The van der Waals surface area contributed by atoms with Gasteiger partial charge in [-0.25, -0.2) is 0 Å². The van der Waals surface area contributed by atoms with Gasteiger partial charge in [0.05, 0.1) is 18.4 Å². The van der Waals surface area contributed by atoms with E-state index in [2.05, 4.69) is 20.5 Å². The standard InChI is InChI=1S/C19H21N5O2S/c1-14(18(25)21-16-6-4-3-5-7-16)27-19-23-22-17(24(19)12-13-26-2)15-8-10-20-11-9-15/h3-11,14H,12-13H2,1-2H3,(H,21,25). The lowest BCUT2D eigenvalue weighted by atomic mass is 10.2. The molecule has 0 saturated carbocycles. The van der Waals surface area contributed by atoms with E-state index in [1.54, 1.807) is 19.5 Å². The number of ether oxygens (including phenoxy) is 1. The lowest BCUT2D eigenvalue weighted by Crippen LogP contribution is -2.23. The summed E-state index contributed by atoms with van der Waals surface area (Å²) in [5.41, 5.74) is 1.69. The van der Waals surface area contributed by atoms with Crippen molar-refractivity contribution in [2.45, 2.75) is 23.9 Å². The van der Waals surface area contributed by atoms with E-state index in [1.807, 2.05) is 54.0 Å². The Balaban J connectivity index is 1.77. The van der Waals surface area contributed by atoms with E-state index in [4.69, 9.17) is 4.74 Å². The summed E-state index contributed by atoms with van der Waals surface area (Å²) in [5, 5.41) is 11.9. The normalized spacial score (nSPS) is 11.9. The maximum Gasteiger partial charge on any atom is 0.237 e. The van der Waals surface area contributed by atoms with Gasteiger partial charge in [-0.3, -0.25) is 14.3 Å². The maximum absolute atomic E-state index is 12.5. The summed E-state index contributed by atoms with van der Waals surface area (Å²) in [4.78, 5) is 16.5. The van der Waals surface area contributed by atoms with E-state index in [9.17, 15) is 4.79 Å². The van der Waals surface area contributed by atoms with E-state index in [-0.39, 0.29) is 11.2 Å². The summed E-state index contributed by atoms with van der Waals surface area (Å²) < 4.78 is 7.18. The molecular formula is C19H21N5O2S. The minimum absolute atomic E-state index is 0.0852. The van der Waals surface area contributed by atoms with Crippen molar-refractivity contribution in [2.24, 2.45) is 0 Å². The first kappa shape index (κ1) is 19.1. The highest BCUT2D eigenvalue weighted by Gasteiger charge is 2.21. The first-order chi connectivity index (χ1) is 13.2. The largest absolute Gasteiger partial charge is 0.383 e. The molecule has 27 heavy (non-hydrogen) atoms. The van der Waals surface area contributed by atoms with Crippen LogP contribution in [0, 0.1) is 0 Å². The van der Waals surface area contributed by atoms with Gasteiger partial charge in [-0.15, -0.1) is 10.2 Å². The van der Waals surface area contributed by atoms with Crippen LogP contribution >= 0.6 is 11.8 Å². The molecule has 0 aliphatic heterocycles. The first-order valence-electron chi connectivity index (χ1n) is 8.54. The van der Waals surface area contributed by atoms with Crippen molar-refractivity contribution < 1.29 is 9.53 Å². The third kappa shape index (κ3) is 4.93. The van der Waals surface area contributed by atoms with Crippen molar-refractivity contribution in [3.63, 3.8) is 0 Å². The third-order valence-electron chi connectivity index (χ3n) is 3.87. The second-order valence-electron chi connectivity index (χ2n) is 5.80. The molecule has 2 heterocycles. The van der Waals surface area contributed by atoms with Crippen LogP contribution in [-0.2, 0) is 16.1 Å². The summed E-state index contributed by atoms with van der Waals surface area (Å²) >= 11 is 1.37. The molecule has 2 aromatic heterocycles. The Bertz CT molecular complexity index is 870. The van der Waals surface area contributed by atoms with Crippen LogP contribution in [0.25, 0.3) is 11.4 Å². The molecule has 8 heteroatoms. The molecule has 0 radical (unpaired) electrons. The summed E-state index contributed by atoms with van der Waals surface area (Å²) in [6.07, 6.45) is 3.43. The van der Waals surface area contributed by atoms with Crippen LogP contribution in [0.2, 0.25) is 0 Å². The van der Waals surface area contributed by atoms with Crippen LogP contribution in [0.4, 0.5) is 5.69 Å². The molecule has 1 atom stereocenters. The van der Waals surface area contributed by atoms with Crippen molar-refractivity contribution in [1.82, 2.24) is 19.7 Å². The minimum atomic E-state index is -0.332. The van der Waals surface area contributed by atoms with Gasteiger partial charge in [0.2, 0.25) is 5.91 Å². The fraction of sp³-hybridized carbons (Fsp3) is 0.263. The zero-order valence-corrected chi connectivity index (χ0v) is 16.0. The van der Waals surface area contributed by atoms with Crippen LogP contribution in [0.1, 0.15) is 6.92 Å². The second-order valence-corrected chi connectivity index (χ2v) is 7.11. The van der Waals surface area contributed by atoms with Crippen molar-refractivity contribution in [3.8, 4) is 11.4 Å². The molecule has 0 fully saturated rings. The van der Waals surface area contributed by atoms with Gasteiger partial charge in [-0.05, 0) is 31.2 Å². The average Bonchev–Trinajstić information content (AvgIpc) is 3.10. The number of carbonyl (C=O) groups excluding carboxylic acids is 1. The second kappa shape index (κ2) is 9.29. The number of nitrogens with one attached hydrogen (secondary N) is 1. The molecular weight excluding hydrogens is 362 g/mol. The number of aromatic nitrogens is 4. The Morgan fingerprint density at radius 2 is 1.93 bits per heavy atom. The van der Waals surface area contributed by atoms with Gasteiger partial charge >= 0.3 is 0 Å². The summed E-state index contributed by atoms with van der Waals surface area (Å²) in [5.74, 6) is 0.644. The number of pyridine rings is 1. The van der Waals surface area contributed by atoms with E-state index in [0.29, 0.717) is 18.3 Å². The molecule has 3 rings (SSSR count). The first-order valence-corrected chi connectivity index (χ1v) is 9.42. The smallest absolute Gasteiger partial charge is 0.237 e. The molecule has 0 spiro atoms. The van der Waals surface area contributed by atoms with E-state index < -0.39 is 0 Å².